The molecule has 0 radical (unpaired) electrons. The molecule has 1 amide bonds. The van der Waals surface area contributed by atoms with Gasteiger partial charge in [0.05, 0.1) is 5.92 Å². The number of carboxylic acid groups (broad SMARTS) is 1. The first-order chi connectivity index (χ1) is 9.85. The van der Waals surface area contributed by atoms with Crippen LogP contribution in [0.2, 0.25) is 0 Å². The standard InChI is InChI=1S/C14H18F3NO4/c1-13(2,3)10-6-4-8(19)9(11(20)14(15,16)17)7(6)5-18(10)12(21)22/h6-7,9-10H,4-5H2,1-3H3,(H,21,22). The fraction of sp³-hybridized carbons (Fsp3) is 0.786. The van der Waals surface area contributed by atoms with Gasteiger partial charge in [-0.05, 0) is 17.3 Å². The van der Waals surface area contributed by atoms with Gasteiger partial charge >= 0.3 is 12.3 Å². The lowest BCUT2D eigenvalue weighted by Gasteiger charge is -2.36. The Bertz CT molecular complexity index is 523. The zero-order valence-corrected chi connectivity index (χ0v) is 12.5. The van der Waals surface area contributed by atoms with Gasteiger partial charge in [-0.1, -0.05) is 20.8 Å². The SMILES string of the molecule is CC(C)(C)C1C2CC(=O)C(C(=O)C(F)(F)F)C2CN1C(=O)O. The monoisotopic (exact) mass is 321 g/mol. The summed E-state index contributed by atoms with van der Waals surface area (Å²) >= 11 is 0. The molecule has 0 aromatic heterocycles. The first kappa shape index (κ1) is 16.8. The van der Waals surface area contributed by atoms with Crippen LogP contribution in [0.5, 0.6) is 0 Å². The summed E-state index contributed by atoms with van der Waals surface area (Å²) in [5.74, 6) is -5.97. The molecular weight excluding hydrogens is 303 g/mol. The van der Waals surface area contributed by atoms with E-state index in [4.69, 9.17) is 0 Å². The quantitative estimate of drug-likeness (QED) is 0.752. The second kappa shape index (κ2) is 4.96. The molecule has 2 fully saturated rings. The van der Waals surface area contributed by atoms with E-state index in [1.807, 2.05) is 0 Å². The molecule has 1 saturated carbocycles. The van der Waals surface area contributed by atoms with Crippen LogP contribution in [0.1, 0.15) is 27.2 Å². The predicted octanol–water partition coefficient (Wildman–Crippen LogP) is 2.35. The summed E-state index contributed by atoms with van der Waals surface area (Å²) in [7, 11) is 0. The fourth-order valence-corrected chi connectivity index (χ4v) is 3.98. The summed E-state index contributed by atoms with van der Waals surface area (Å²) in [6.07, 6.45) is -6.49. The van der Waals surface area contributed by atoms with Gasteiger partial charge in [-0.25, -0.2) is 4.79 Å². The van der Waals surface area contributed by atoms with Crippen LogP contribution in [0.4, 0.5) is 18.0 Å². The Labute approximate surface area is 125 Å². The molecule has 4 atom stereocenters. The van der Waals surface area contributed by atoms with Gasteiger partial charge in [0.1, 0.15) is 5.78 Å². The van der Waals surface area contributed by atoms with Gasteiger partial charge in [0.2, 0.25) is 5.78 Å². The molecule has 0 aromatic rings. The molecule has 1 N–H and O–H groups in total. The minimum absolute atomic E-state index is 0.178. The van der Waals surface area contributed by atoms with Crippen molar-refractivity contribution in [1.29, 1.82) is 0 Å². The Morgan fingerprint density at radius 1 is 1.18 bits per heavy atom. The first-order valence-corrected chi connectivity index (χ1v) is 6.99. The highest BCUT2D eigenvalue weighted by Crippen LogP contribution is 2.50. The largest absolute Gasteiger partial charge is 0.465 e. The van der Waals surface area contributed by atoms with Crippen molar-refractivity contribution in [2.75, 3.05) is 6.54 Å². The smallest absolute Gasteiger partial charge is 0.450 e. The summed E-state index contributed by atoms with van der Waals surface area (Å²) in [5.41, 5.74) is -0.533. The maximum Gasteiger partial charge on any atom is 0.450 e. The van der Waals surface area contributed by atoms with E-state index in [0.29, 0.717) is 0 Å². The maximum absolute atomic E-state index is 12.7. The number of hydrogen-bond acceptors (Lipinski definition) is 3. The molecule has 124 valence electrons. The molecule has 1 aliphatic carbocycles. The highest BCUT2D eigenvalue weighted by molar-refractivity contribution is 6.06. The molecule has 1 aliphatic heterocycles. The van der Waals surface area contributed by atoms with Gasteiger partial charge in [0.25, 0.3) is 0 Å². The molecule has 1 saturated heterocycles. The number of halogens is 3. The molecule has 4 unspecified atom stereocenters. The van der Waals surface area contributed by atoms with Crippen molar-refractivity contribution < 1.29 is 32.7 Å². The predicted molar refractivity (Wildman–Crippen MR) is 69.1 cm³/mol. The van der Waals surface area contributed by atoms with Crippen LogP contribution < -0.4 is 0 Å². The van der Waals surface area contributed by atoms with Crippen molar-refractivity contribution in [3.63, 3.8) is 0 Å². The van der Waals surface area contributed by atoms with E-state index < -0.39 is 53.0 Å². The number of nitrogens with zero attached hydrogens (tertiary/aromatic N) is 1. The van der Waals surface area contributed by atoms with Crippen molar-refractivity contribution in [2.24, 2.45) is 23.2 Å². The number of alkyl halides is 3. The lowest BCUT2D eigenvalue weighted by atomic mass is 9.76. The van der Waals surface area contributed by atoms with Gasteiger partial charge in [-0.15, -0.1) is 0 Å². The topological polar surface area (TPSA) is 74.7 Å². The van der Waals surface area contributed by atoms with Crippen molar-refractivity contribution in [2.45, 2.75) is 39.4 Å². The number of ketones is 2. The van der Waals surface area contributed by atoms with E-state index in [9.17, 15) is 32.7 Å². The zero-order chi connectivity index (χ0) is 17.0. The number of rotatable bonds is 1. The van der Waals surface area contributed by atoms with E-state index in [2.05, 4.69) is 0 Å². The Hall–Kier alpha value is -1.60. The van der Waals surface area contributed by atoms with Crippen LogP contribution >= 0.6 is 0 Å². The van der Waals surface area contributed by atoms with E-state index in [-0.39, 0.29) is 13.0 Å². The van der Waals surface area contributed by atoms with Gasteiger partial charge in [0.15, 0.2) is 0 Å². The van der Waals surface area contributed by atoms with E-state index in [1.165, 1.54) is 0 Å². The van der Waals surface area contributed by atoms with Crippen molar-refractivity contribution >= 4 is 17.7 Å². The van der Waals surface area contributed by atoms with Crippen molar-refractivity contribution in [3.05, 3.63) is 0 Å². The fourth-order valence-electron chi connectivity index (χ4n) is 3.98. The molecule has 0 bridgehead atoms. The van der Waals surface area contributed by atoms with Crippen LogP contribution in [0.25, 0.3) is 0 Å². The number of amides is 1. The highest BCUT2D eigenvalue weighted by atomic mass is 19.4. The van der Waals surface area contributed by atoms with Crippen molar-refractivity contribution in [3.8, 4) is 0 Å². The van der Waals surface area contributed by atoms with Crippen LogP contribution in [-0.2, 0) is 9.59 Å². The minimum atomic E-state index is -5.08. The normalized spacial score (nSPS) is 32.3. The Kier molecular flexibility index (Phi) is 3.78. The second-order valence-electron chi connectivity index (χ2n) is 7.08. The molecule has 1 heterocycles. The Morgan fingerprint density at radius 3 is 2.14 bits per heavy atom. The van der Waals surface area contributed by atoms with E-state index in [0.717, 1.165) is 4.90 Å². The van der Waals surface area contributed by atoms with E-state index in [1.54, 1.807) is 20.8 Å². The maximum atomic E-state index is 12.7. The third kappa shape index (κ3) is 2.59. The number of likely N-dealkylation sites (tertiary alicyclic amines) is 1. The number of fused-ring (bicyclic) bond motifs is 1. The number of Topliss-reactive ketones (excluding diaryl/α,β-unsaturated/α-hetero) is 2. The van der Waals surface area contributed by atoms with Crippen LogP contribution in [0.3, 0.4) is 0 Å². The number of carbonyl (C=O) groups excluding carboxylic acids is 2. The van der Waals surface area contributed by atoms with Gasteiger partial charge in [-0.2, -0.15) is 13.2 Å². The average Bonchev–Trinajstić information content (AvgIpc) is 2.79. The van der Waals surface area contributed by atoms with Crippen LogP contribution in [0, 0.1) is 23.2 Å². The van der Waals surface area contributed by atoms with E-state index >= 15 is 0 Å². The first-order valence-electron chi connectivity index (χ1n) is 6.99. The summed E-state index contributed by atoms with van der Waals surface area (Å²) in [4.78, 5) is 35.9. The average molecular weight is 321 g/mol. The Morgan fingerprint density at radius 2 is 1.73 bits per heavy atom. The molecule has 0 aromatic carbocycles. The van der Waals surface area contributed by atoms with Crippen molar-refractivity contribution in [1.82, 2.24) is 4.90 Å². The summed E-state index contributed by atoms with van der Waals surface area (Å²) in [6.45, 7) is 5.12. The Balaban J connectivity index is 2.38. The second-order valence-corrected chi connectivity index (χ2v) is 7.08. The number of carbonyl (C=O) groups is 3. The van der Waals surface area contributed by atoms with Crippen LogP contribution in [-0.4, -0.2) is 46.4 Å². The number of hydrogen-bond donors (Lipinski definition) is 1. The summed E-state index contributed by atoms with van der Waals surface area (Å²) < 4.78 is 38.1. The van der Waals surface area contributed by atoms with Gasteiger partial charge in [0, 0.05) is 19.0 Å². The zero-order valence-electron chi connectivity index (χ0n) is 12.5. The summed E-state index contributed by atoms with van der Waals surface area (Å²) in [5, 5.41) is 9.29. The molecule has 0 spiro atoms. The van der Waals surface area contributed by atoms with Gasteiger partial charge in [-0.3, -0.25) is 9.59 Å². The summed E-state index contributed by atoms with van der Waals surface area (Å²) in [6, 6.07) is -0.579. The molecule has 2 aliphatic rings. The molecule has 22 heavy (non-hydrogen) atoms. The van der Waals surface area contributed by atoms with Gasteiger partial charge < -0.3 is 10.0 Å². The molecular formula is C14H18F3NO4. The molecule has 5 nitrogen and oxygen atoms in total. The molecule has 2 rings (SSSR count). The lowest BCUT2D eigenvalue weighted by molar-refractivity contribution is -0.177. The third-order valence-corrected chi connectivity index (χ3v) is 4.61. The molecule has 8 heteroatoms. The minimum Gasteiger partial charge on any atom is -0.465 e. The third-order valence-electron chi connectivity index (χ3n) is 4.61. The van der Waals surface area contributed by atoms with Crippen LogP contribution in [0.15, 0.2) is 0 Å². The lowest BCUT2D eigenvalue weighted by Crippen LogP contribution is -2.45. The highest BCUT2D eigenvalue weighted by Gasteiger charge is 2.61.